The predicted octanol–water partition coefficient (Wildman–Crippen LogP) is 1.68. The van der Waals surface area contributed by atoms with Crippen LogP contribution >= 0.6 is 0 Å². The van der Waals surface area contributed by atoms with Crippen LogP contribution in [0.1, 0.15) is 30.1 Å². The summed E-state index contributed by atoms with van der Waals surface area (Å²) in [5, 5.41) is 20.2. The largest absolute Gasteiger partial charge is 0.490 e. The molecule has 0 spiro atoms. The lowest BCUT2D eigenvalue weighted by Crippen LogP contribution is -2.50. The zero-order valence-electron chi connectivity index (χ0n) is 12.2. The number of carboxylic acid groups (broad SMARTS) is 1. The molecule has 0 saturated carbocycles. The van der Waals surface area contributed by atoms with Gasteiger partial charge in [0.2, 0.25) is 0 Å². The smallest absolute Gasteiger partial charge is 0.329 e. The van der Waals surface area contributed by atoms with Gasteiger partial charge < -0.3 is 14.7 Å². The number of carbonyl (C=O) groups is 2. The molecule has 0 radical (unpaired) electrons. The number of rotatable bonds is 4. The first kappa shape index (κ1) is 15.7. The molecule has 118 valence electrons. The maximum absolute atomic E-state index is 12.6. The van der Waals surface area contributed by atoms with Crippen LogP contribution in [0.2, 0.25) is 0 Å². The van der Waals surface area contributed by atoms with Crippen molar-refractivity contribution >= 4 is 17.6 Å². The fourth-order valence-corrected chi connectivity index (χ4v) is 2.63. The van der Waals surface area contributed by atoms with Gasteiger partial charge in [-0.15, -0.1) is 0 Å². The highest BCUT2D eigenvalue weighted by atomic mass is 16.6. The summed E-state index contributed by atoms with van der Waals surface area (Å²) in [5.41, 5.74) is -1.34. The minimum Gasteiger partial charge on any atom is -0.490 e. The van der Waals surface area contributed by atoms with Crippen LogP contribution in [0, 0.1) is 10.1 Å². The highest BCUT2D eigenvalue weighted by Gasteiger charge is 2.46. The summed E-state index contributed by atoms with van der Waals surface area (Å²) in [5.74, 6) is -1.57. The second kappa shape index (κ2) is 5.63. The van der Waals surface area contributed by atoms with Crippen molar-refractivity contribution in [3.63, 3.8) is 0 Å². The quantitative estimate of drug-likeness (QED) is 0.669. The Bertz CT molecular complexity index is 644. The van der Waals surface area contributed by atoms with E-state index in [0.717, 1.165) is 0 Å². The highest BCUT2D eigenvalue weighted by molar-refractivity contribution is 5.98. The van der Waals surface area contributed by atoms with Gasteiger partial charge in [-0.1, -0.05) is 0 Å². The van der Waals surface area contributed by atoms with E-state index < -0.39 is 22.3 Å². The molecule has 1 aromatic carbocycles. The third-order valence-corrected chi connectivity index (χ3v) is 3.97. The molecule has 0 bridgehead atoms. The summed E-state index contributed by atoms with van der Waals surface area (Å²) in [6.07, 6.45) is 0.969. The first-order valence-electron chi connectivity index (χ1n) is 6.69. The van der Waals surface area contributed by atoms with Crippen molar-refractivity contribution in [3.8, 4) is 5.75 Å². The van der Waals surface area contributed by atoms with Crippen molar-refractivity contribution in [2.75, 3.05) is 13.7 Å². The third kappa shape index (κ3) is 2.47. The van der Waals surface area contributed by atoms with Crippen molar-refractivity contribution < 1.29 is 24.4 Å². The molecule has 2 rings (SSSR count). The van der Waals surface area contributed by atoms with Crippen LogP contribution in [0.5, 0.6) is 5.75 Å². The van der Waals surface area contributed by atoms with Gasteiger partial charge in [-0.05, 0) is 25.8 Å². The molecule has 22 heavy (non-hydrogen) atoms. The van der Waals surface area contributed by atoms with Crippen molar-refractivity contribution in [3.05, 3.63) is 33.9 Å². The lowest BCUT2D eigenvalue weighted by molar-refractivity contribution is -0.385. The van der Waals surface area contributed by atoms with Gasteiger partial charge in [-0.3, -0.25) is 14.9 Å². The zero-order valence-corrected chi connectivity index (χ0v) is 12.2. The number of nitrogens with zero attached hydrogens (tertiary/aromatic N) is 2. The number of methoxy groups -OCH3 is 1. The molecule has 1 fully saturated rings. The molecule has 1 aliphatic heterocycles. The number of hydrogen-bond acceptors (Lipinski definition) is 5. The SMILES string of the molecule is COc1cc(C(=O)N2CCCC2(C)C(=O)O)ccc1[N+](=O)[O-]. The number of likely N-dealkylation sites (tertiary alicyclic amines) is 1. The number of carbonyl (C=O) groups excluding carboxylic acids is 1. The van der Waals surface area contributed by atoms with Crippen molar-refractivity contribution in [1.29, 1.82) is 0 Å². The van der Waals surface area contributed by atoms with Gasteiger partial charge in [0.15, 0.2) is 5.75 Å². The Morgan fingerprint density at radius 1 is 1.45 bits per heavy atom. The minimum atomic E-state index is -1.26. The summed E-state index contributed by atoms with van der Waals surface area (Å²) in [6, 6.07) is 3.75. The first-order chi connectivity index (χ1) is 10.3. The van der Waals surface area contributed by atoms with E-state index in [1.807, 2.05) is 0 Å². The Labute approximate surface area is 126 Å². The average Bonchev–Trinajstić information content (AvgIpc) is 2.89. The van der Waals surface area contributed by atoms with Crippen LogP contribution in [0.15, 0.2) is 18.2 Å². The van der Waals surface area contributed by atoms with Crippen molar-refractivity contribution in [1.82, 2.24) is 4.90 Å². The van der Waals surface area contributed by atoms with Crippen molar-refractivity contribution in [2.24, 2.45) is 0 Å². The third-order valence-electron chi connectivity index (χ3n) is 3.97. The average molecular weight is 308 g/mol. The molecule has 0 aliphatic carbocycles. The molecule has 1 N–H and O–H groups in total. The monoisotopic (exact) mass is 308 g/mol. The van der Waals surface area contributed by atoms with E-state index in [4.69, 9.17) is 4.74 Å². The molecule has 1 atom stereocenters. The molecule has 1 unspecified atom stereocenters. The van der Waals surface area contributed by atoms with Crippen LogP contribution in [0.25, 0.3) is 0 Å². The first-order valence-corrected chi connectivity index (χ1v) is 6.69. The molecule has 1 saturated heterocycles. The standard InChI is InChI=1S/C14H16N2O6/c1-14(13(18)19)6-3-7-15(14)12(17)9-4-5-10(16(20)21)11(8-9)22-2/h4-5,8H,3,6-7H2,1-2H3,(H,18,19). The lowest BCUT2D eigenvalue weighted by Gasteiger charge is -2.31. The Morgan fingerprint density at radius 2 is 2.14 bits per heavy atom. The number of amides is 1. The normalized spacial score (nSPS) is 20.7. The number of hydrogen-bond donors (Lipinski definition) is 1. The Kier molecular flexibility index (Phi) is 4.03. The molecule has 8 nitrogen and oxygen atoms in total. The van der Waals surface area contributed by atoms with E-state index in [1.165, 1.54) is 37.1 Å². The van der Waals surface area contributed by atoms with Gasteiger partial charge in [0, 0.05) is 24.2 Å². The van der Waals surface area contributed by atoms with E-state index in [1.54, 1.807) is 0 Å². The molecule has 8 heteroatoms. The summed E-state index contributed by atoms with van der Waals surface area (Å²) in [7, 11) is 1.27. The molecule has 1 amide bonds. The van der Waals surface area contributed by atoms with Gasteiger partial charge in [0.1, 0.15) is 5.54 Å². The molecule has 1 aromatic rings. The number of aliphatic carboxylic acids is 1. The van der Waals surface area contributed by atoms with E-state index in [0.29, 0.717) is 19.4 Å². The Morgan fingerprint density at radius 3 is 2.68 bits per heavy atom. The van der Waals surface area contributed by atoms with Crippen LogP contribution in [0.3, 0.4) is 0 Å². The van der Waals surface area contributed by atoms with E-state index in [9.17, 15) is 24.8 Å². The topological polar surface area (TPSA) is 110 Å². The van der Waals surface area contributed by atoms with Crippen LogP contribution in [0.4, 0.5) is 5.69 Å². The highest BCUT2D eigenvalue weighted by Crippen LogP contribution is 2.33. The zero-order chi connectivity index (χ0) is 16.5. The van der Waals surface area contributed by atoms with Crippen LogP contribution < -0.4 is 4.74 Å². The molecular formula is C14H16N2O6. The molecular weight excluding hydrogens is 292 g/mol. The number of benzene rings is 1. The lowest BCUT2D eigenvalue weighted by atomic mass is 9.98. The van der Waals surface area contributed by atoms with E-state index in [-0.39, 0.29) is 17.0 Å². The molecule has 0 aromatic heterocycles. The Hall–Kier alpha value is -2.64. The Balaban J connectivity index is 2.38. The summed E-state index contributed by atoms with van der Waals surface area (Å²) < 4.78 is 4.93. The fraction of sp³-hybridized carbons (Fsp3) is 0.429. The van der Waals surface area contributed by atoms with Crippen LogP contribution in [-0.2, 0) is 4.79 Å². The predicted molar refractivity (Wildman–Crippen MR) is 76.0 cm³/mol. The second-order valence-corrected chi connectivity index (χ2v) is 5.28. The summed E-state index contributed by atoms with van der Waals surface area (Å²) >= 11 is 0. The maximum Gasteiger partial charge on any atom is 0.329 e. The molecule has 1 heterocycles. The number of carboxylic acids is 1. The van der Waals surface area contributed by atoms with Gasteiger partial charge in [-0.2, -0.15) is 0 Å². The van der Waals surface area contributed by atoms with Gasteiger partial charge in [0.05, 0.1) is 12.0 Å². The number of nitro benzene ring substituents is 1. The number of nitro groups is 1. The van der Waals surface area contributed by atoms with Crippen molar-refractivity contribution in [2.45, 2.75) is 25.3 Å². The number of ether oxygens (including phenoxy) is 1. The van der Waals surface area contributed by atoms with Gasteiger partial charge in [0.25, 0.3) is 5.91 Å². The second-order valence-electron chi connectivity index (χ2n) is 5.28. The van der Waals surface area contributed by atoms with Gasteiger partial charge in [-0.25, -0.2) is 4.79 Å². The molecule has 1 aliphatic rings. The van der Waals surface area contributed by atoms with Crippen LogP contribution in [-0.4, -0.2) is 46.0 Å². The van der Waals surface area contributed by atoms with Gasteiger partial charge >= 0.3 is 11.7 Å². The van der Waals surface area contributed by atoms with E-state index >= 15 is 0 Å². The summed E-state index contributed by atoms with van der Waals surface area (Å²) in [6.45, 7) is 1.84. The fourth-order valence-electron chi connectivity index (χ4n) is 2.63. The van der Waals surface area contributed by atoms with E-state index in [2.05, 4.69) is 0 Å². The minimum absolute atomic E-state index is 0.0351. The summed E-state index contributed by atoms with van der Waals surface area (Å²) in [4.78, 5) is 35.5. The maximum atomic E-state index is 12.6.